The standard InChI is InChI=1S/C24H18N4O3S/c1-17-15-26-16-27-24(17)28-32(29,30)20-11-12-22(19(13-20)14-25)31-23-10-6-5-9-21(23)18-7-3-2-4-8-18/h2-13,15-16H,1H3,(H,26,27,28). The van der Waals surface area contributed by atoms with E-state index in [2.05, 4.69) is 14.7 Å². The molecule has 4 aromatic rings. The third-order valence-corrected chi connectivity index (χ3v) is 6.04. The molecule has 0 unspecified atom stereocenters. The van der Waals surface area contributed by atoms with Crippen LogP contribution in [0.3, 0.4) is 0 Å². The molecule has 0 amide bonds. The molecule has 0 saturated heterocycles. The number of ether oxygens (including phenoxy) is 1. The molecular formula is C24H18N4O3S. The minimum absolute atomic E-state index is 0.0734. The van der Waals surface area contributed by atoms with E-state index in [4.69, 9.17) is 4.74 Å². The molecule has 1 heterocycles. The fourth-order valence-corrected chi connectivity index (χ4v) is 4.18. The average molecular weight is 443 g/mol. The molecule has 1 aromatic heterocycles. The number of nitrogens with one attached hydrogen (secondary N) is 1. The zero-order valence-corrected chi connectivity index (χ0v) is 17.9. The van der Waals surface area contributed by atoms with Gasteiger partial charge in [-0.15, -0.1) is 0 Å². The number of rotatable bonds is 6. The van der Waals surface area contributed by atoms with Crippen LogP contribution < -0.4 is 9.46 Å². The molecule has 1 N–H and O–H groups in total. The Bertz CT molecular complexity index is 1410. The van der Waals surface area contributed by atoms with Gasteiger partial charge in [-0.05, 0) is 36.8 Å². The molecule has 4 rings (SSSR count). The second-order valence-electron chi connectivity index (χ2n) is 6.89. The van der Waals surface area contributed by atoms with Crippen molar-refractivity contribution in [3.05, 3.63) is 96.4 Å². The maximum Gasteiger partial charge on any atom is 0.263 e. The second-order valence-corrected chi connectivity index (χ2v) is 8.58. The van der Waals surface area contributed by atoms with Crippen LogP contribution in [-0.2, 0) is 10.0 Å². The predicted octanol–water partition coefficient (Wildman–Crippen LogP) is 4.92. The number of anilines is 1. The van der Waals surface area contributed by atoms with E-state index in [1.807, 2.05) is 54.6 Å². The number of hydrogen-bond acceptors (Lipinski definition) is 6. The summed E-state index contributed by atoms with van der Waals surface area (Å²) in [5.41, 5.74) is 2.49. The van der Waals surface area contributed by atoms with Crippen LogP contribution in [0.15, 0.2) is 90.2 Å². The lowest BCUT2D eigenvalue weighted by molar-refractivity contribution is 0.482. The van der Waals surface area contributed by atoms with Gasteiger partial charge in [-0.25, -0.2) is 18.4 Å². The summed E-state index contributed by atoms with van der Waals surface area (Å²) in [4.78, 5) is 7.73. The molecular weight excluding hydrogens is 424 g/mol. The van der Waals surface area contributed by atoms with Gasteiger partial charge < -0.3 is 4.74 Å². The van der Waals surface area contributed by atoms with Crippen LogP contribution >= 0.6 is 0 Å². The molecule has 0 aliphatic rings. The number of hydrogen-bond donors (Lipinski definition) is 1. The van der Waals surface area contributed by atoms with Gasteiger partial charge in [0.15, 0.2) is 0 Å². The van der Waals surface area contributed by atoms with Gasteiger partial charge in [-0.3, -0.25) is 4.72 Å². The van der Waals surface area contributed by atoms with Crippen molar-refractivity contribution in [2.75, 3.05) is 4.72 Å². The Morgan fingerprint density at radius 2 is 1.72 bits per heavy atom. The largest absolute Gasteiger partial charge is 0.455 e. The van der Waals surface area contributed by atoms with Crippen LogP contribution in [0.2, 0.25) is 0 Å². The van der Waals surface area contributed by atoms with Gasteiger partial charge in [0.05, 0.1) is 10.5 Å². The Morgan fingerprint density at radius 1 is 0.969 bits per heavy atom. The molecule has 0 aliphatic heterocycles. The van der Waals surface area contributed by atoms with E-state index >= 15 is 0 Å². The molecule has 8 heteroatoms. The first-order valence-electron chi connectivity index (χ1n) is 9.64. The number of sulfonamides is 1. The maximum absolute atomic E-state index is 12.8. The van der Waals surface area contributed by atoms with E-state index in [1.54, 1.807) is 13.0 Å². The highest BCUT2D eigenvalue weighted by atomic mass is 32.2. The number of aromatic nitrogens is 2. The summed E-state index contributed by atoms with van der Waals surface area (Å²) in [7, 11) is -3.96. The van der Waals surface area contributed by atoms with Crippen molar-refractivity contribution in [3.8, 4) is 28.7 Å². The first kappa shape index (κ1) is 21.0. The number of nitrogens with zero attached hydrogens (tertiary/aromatic N) is 3. The highest BCUT2D eigenvalue weighted by Crippen LogP contribution is 2.35. The van der Waals surface area contributed by atoms with Crippen LogP contribution in [0, 0.1) is 18.3 Å². The summed E-state index contributed by atoms with van der Waals surface area (Å²) in [5.74, 6) is 0.990. The van der Waals surface area contributed by atoms with E-state index < -0.39 is 10.0 Å². The van der Waals surface area contributed by atoms with Crippen molar-refractivity contribution in [1.29, 1.82) is 5.26 Å². The summed E-state index contributed by atoms with van der Waals surface area (Å²) >= 11 is 0. The summed E-state index contributed by atoms with van der Waals surface area (Å²) in [6.45, 7) is 1.69. The highest BCUT2D eigenvalue weighted by Gasteiger charge is 2.19. The Hall–Kier alpha value is -4.22. The van der Waals surface area contributed by atoms with E-state index in [0.29, 0.717) is 11.3 Å². The third-order valence-electron chi connectivity index (χ3n) is 4.70. The lowest BCUT2D eigenvalue weighted by atomic mass is 10.0. The molecule has 3 aromatic carbocycles. The zero-order chi connectivity index (χ0) is 22.6. The third kappa shape index (κ3) is 4.43. The van der Waals surface area contributed by atoms with E-state index in [9.17, 15) is 13.7 Å². The lowest BCUT2D eigenvalue weighted by Gasteiger charge is -2.14. The summed E-state index contributed by atoms with van der Waals surface area (Å²) < 4.78 is 34.1. The smallest absolute Gasteiger partial charge is 0.263 e. The van der Waals surface area contributed by atoms with Crippen molar-refractivity contribution in [1.82, 2.24) is 9.97 Å². The molecule has 158 valence electrons. The Kier molecular flexibility index (Phi) is 5.83. The Balaban J connectivity index is 1.66. The average Bonchev–Trinajstić information content (AvgIpc) is 2.81. The minimum Gasteiger partial charge on any atom is -0.455 e. The number of benzene rings is 3. The first-order chi connectivity index (χ1) is 15.5. The molecule has 0 aliphatic carbocycles. The second kappa shape index (κ2) is 8.88. The SMILES string of the molecule is Cc1cncnc1NS(=O)(=O)c1ccc(Oc2ccccc2-c2ccccc2)c(C#N)c1. The van der Waals surface area contributed by atoms with Crippen LogP contribution in [0.1, 0.15) is 11.1 Å². The quantitative estimate of drug-likeness (QED) is 0.455. The predicted molar refractivity (Wildman–Crippen MR) is 121 cm³/mol. The maximum atomic E-state index is 12.8. The van der Waals surface area contributed by atoms with Crippen molar-refractivity contribution in [2.45, 2.75) is 11.8 Å². The van der Waals surface area contributed by atoms with Crippen LogP contribution in [0.4, 0.5) is 5.82 Å². The van der Waals surface area contributed by atoms with Gasteiger partial charge in [-0.1, -0.05) is 48.5 Å². The molecule has 0 spiro atoms. The summed E-state index contributed by atoms with van der Waals surface area (Å²) in [6.07, 6.45) is 2.76. The van der Waals surface area contributed by atoms with Crippen molar-refractivity contribution in [3.63, 3.8) is 0 Å². The topological polar surface area (TPSA) is 105 Å². The number of nitriles is 1. The van der Waals surface area contributed by atoms with Crippen molar-refractivity contribution < 1.29 is 13.2 Å². The molecule has 0 bridgehead atoms. The van der Waals surface area contributed by atoms with Crippen molar-refractivity contribution in [2.24, 2.45) is 0 Å². The molecule has 0 fully saturated rings. The zero-order valence-electron chi connectivity index (χ0n) is 17.1. The fraction of sp³-hybridized carbons (Fsp3) is 0.0417. The van der Waals surface area contributed by atoms with Gasteiger partial charge in [-0.2, -0.15) is 5.26 Å². The van der Waals surface area contributed by atoms with Crippen LogP contribution in [0.25, 0.3) is 11.1 Å². The molecule has 0 atom stereocenters. The Labute approximate surface area is 186 Å². The summed E-state index contributed by atoms with van der Waals surface area (Å²) in [6, 6.07) is 23.3. The number of para-hydroxylation sites is 1. The van der Waals surface area contributed by atoms with E-state index in [-0.39, 0.29) is 22.0 Å². The van der Waals surface area contributed by atoms with Gasteiger partial charge in [0.1, 0.15) is 29.7 Å². The molecule has 0 saturated carbocycles. The summed E-state index contributed by atoms with van der Waals surface area (Å²) in [5, 5.41) is 9.64. The van der Waals surface area contributed by atoms with Gasteiger partial charge >= 0.3 is 0 Å². The highest BCUT2D eigenvalue weighted by molar-refractivity contribution is 7.92. The number of aryl methyl sites for hydroxylation is 1. The van der Waals surface area contributed by atoms with Gasteiger partial charge in [0, 0.05) is 17.3 Å². The van der Waals surface area contributed by atoms with Gasteiger partial charge in [0.25, 0.3) is 10.0 Å². The Morgan fingerprint density at radius 3 is 2.47 bits per heavy atom. The monoisotopic (exact) mass is 442 g/mol. The van der Waals surface area contributed by atoms with Crippen LogP contribution in [-0.4, -0.2) is 18.4 Å². The first-order valence-corrected chi connectivity index (χ1v) is 11.1. The van der Waals surface area contributed by atoms with E-state index in [0.717, 1.165) is 11.1 Å². The molecule has 0 radical (unpaired) electrons. The normalized spacial score (nSPS) is 10.9. The fourth-order valence-electron chi connectivity index (χ4n) is 3.08. The molecule has 7 nitrogen and oxygen atoms in total. The minimum atomic E-state index is -3.96. The molecule has 32 heavy (non-hydrogen) atoms. The lowest BCUT2D eigenvalue weighted by Crippen LogP contribution is -2.15. The van der Waals surface area contributed by atoms with Crippen molar-refractivity contribution >= 4 is 15.8 Å². The van der Waals surface area contributed by atoms with Gasteiger partial charge in [0.2, 0.25) is 0 Å². The van der Waals surface area contributed by atoms with Crippen LogP contribution in [0.5, 0.6) is 11.5 Å². The van der Waals surface area contributed by atoms with E-state index in [1.165, 1.54) is 30.7 Å².